The topological polar surface area (TPSA) is 68.1 Å². The number of hydrogen-bond acceptors (Lipinski definition) is 4. The Morgan fingerprint density at radius 3 is 2.35 bits per heavy atom. The minimum Gasteiger partial charge on any atom is -0.291 e. The Morgan fingerprint density at radius 2 is 1.72 bits per heavy atom. The molecular formula is C34H31F5N4O2S. The second-order valence-electron chi connectivity index (χ2n) is 12.1. The van der Waals surface area contributed by atoms with Crippen molar-refractivity contribution in [3.63, 3.8) is 0 Å². The van der Waals surface area contributed by atoms with Gasteiger partial charge < -0.3 is 0 Å². The Bertz CT molecular complexity index is 1930. The number of pyridine rings is 1. The van der Waals surface area contributed by atoms with Gasteiger partial charge in [-0.1, -0.05) is 5.57 Å². The van der Waals surface area contributed by atoms with E-state index < -0.39 is 50.3 Å². The number of halogens is 5. The van der Waals surface area contributed by atoms with E-state index in [0.717, 1.165) is 18.3 Å². The first-order valence-electron chi connectivity index (χ1n) is 14.7. The molecule has 1 fully saturated rings. The summed E-state index contributed by atoms with van der Waals surface area (Å²) < 4.78 is 86.3. The minimum atomic E-state index is -4.68. The van der Waals surface area contributed by atoms with Gasteiger partial charge in [0.2, 0.25) is 0 Å². The SMILES string of the molecule is C=S(=O)(c1ccc(F)cc1)N(C(C)C)[C@H]1CCC2=Cc3c(cnn3-c3ccc(F)cc3)C[C@]2(C(=O)c2cc(C(F)(F)F)ccn2)C1. The van der Waals surface area contributed by atoms with Gasteiger partial charge >= 0.3 is 6.18 Å². The van der Waals surface area contributed by atoms with E-state index in [9.17, 15) is 31.0 Å². The molecule has 1 saturated carbocycles. The number of aromatic nitrogens is 3. The fourth-order valence-corrected chi connectivity index (χ4v) is 8.98. The van der Waals surface area contributed by atoms with Crippen molar-refractivity contribution in [1.29, 1.82) is 0 Å². The molecule has 3 atom stereocenters. The average Bonchev–Trinajstić information content (AvgIpc) is 3.41. The average molecular weight is 655 g/mol. The van der Waals surface area contributed by atoms with Crippen LogP contribution in [0.25, 0.3) is 11.8 Å². The van der Waals surface area contributed by atoms with E-state index in [1.54, 1.807) is 27.3 Å². The summed E-state index contributed by atoms with van der Waals surface area (Å²) in [5, 5.41) is 4.51. The zero-order valence-electron chi connectivity index (χ0n) is 25.1. The van der Waals surface area contributed by atoms with Gasteiger partial charge in [-0.05, 0) is 118 Å². The molecule has 2 aromatic heterocycles. The van der Waals surface area contributed by atoms with Gasteiger partial charge in [0.25, 0.3) is 0 Å². The summed E-state index contributed by atoms with van der Waals surface area (Å²) in [5.41, 5.74) is 0.0452. The monoisotopic (exact) mass is 654 g/mol. The Balaban J connectivity index is 1.47. The first-order valence-corrected chi connectivity index (χ1v) is 16.4. The largest absolute Gasteiger partial charge is 0.416 e. The molecule has 0 N–H and O–H groups in total. The lowest BCUT2D eigenvalue weighted by atomic mass is 9.60. The van der Waals surface area contributed by atoms with E-state index in [2.05, 4.69) is 16.0 Å². The van der Waals surface area contributed by atoms with Crippen molar-refractivity contribution >= 4 is 27.4 Å². The molecule has 2 aliphatic rings. The predicted octanol–water partition coefficient (Wildman–Crippen LogP) is 7.33. The van der Waals surface area contributed by atoms with E-state index >= 15 is 0 Å². The lowest BCUT2D eigenvalue weighted by molar-refractivity contribution is -0.137. The van der Waals surface area contributed by atoms with Crippen LogP contribution in [0.4, 0.5) is 22.0 Å². The molecule has 0 spiro atoms. The highest BCUT2D eigenvalue weighted by Gasteiger charge is 2.51. The van der Waals surface area contributed by atoms with Crippen LogP contribution in [-0.4, -0.2) is 47.0 Å². The van der Waals surface area contributed by atoms with Gasteiger partial charge in [-0.25, -0.2) is 22.0 Å². The highest BCUT2D eigenvalue weighted by molar-refractivity contribution is 7.98. The van der Waals surface area contributed by atoms with Gasteiger partial charge in [0.15, 0.2) is 5.78 Å². The smallest absolute Gasteiger partial charge is 0.291 e. The molecule has 0 aliphatic heterocycles. The van der Waals surface area contributed by atoms with E-state index in [1.165, 1.54) is 36.4 Å². The van der Waals surface area contributed by atoms with Crippen LogP contribution in [0.5, 0.6) is 0 Å². The summed E-state index contributed by atoms with van der Waals surface area (Å²) in [7, 11) is -3.17. The molecule has 6 nitrogen and oxygen atoms in total. The zero-order chi connectivity index (χ0) is 33.0. The van der Waals surface area contributed by atoms with Crippen LogP contribution in [0.2, 0.25) is 0 Å². The molecule has 240 valence electrons. The maximum absolute atomic E-state index is 14.6. The lowest BCUT2D eigenvalue weighted by Crippen LogP contribution is -2.52. The molecule has 4 aromatic rings. The molecule has 2 aliphatic carbocycles. The molecule has 2 aromatic carbocycles. The second kappa shape index (κ2) is 11.6. The molecule has 6 rings (SSSR count). The van der Waals surface area contributed by atoms with Gasteiger partial charge in [0, 0.05) is 23.2 Å². The predicted molar refractivity (Wildman–Crippen MR) is 166 cm³/mol. The van der Waals surface area contributed by atoms with Crippen LogP contribution in [-0.2, 0) is 22.3 Å². The maximum Gasteiger partial charge on any atom is 0.416 e. The van der Waals surface area contributed by atoms with Gasteiger partial charge in [0.1, 0.15) is 17.3 Å². The lowest BCUT2D eigenvalue weighted by Gasteiger charge is -2.48. The molecule has 0 bridgehead atoms. The van der Waals surface area contributed by atoms with Crippen LogP contribution in [0.3, 0.4) is 0 Å². The Kier molecular flexibility index (Phi) is 8.00. The number of hydrogen-bond donors (Lipinski definition) is 0. The molecular weight excluding hydrogens is 623 g/mol. The van der Waals surface area contributed by atoms with Gasteiger partial charge in [-0.2, -0.15) is 18.3 Å². The molecule has 0 amide bonds. The normalized spacial score (nSPS) is 21.0. The third-order valence-electron chi connectivity index (χ3n) is 8.85. The summed E-state index contributed by atoms with van der Waals surface area (Å²) in [5.74, 6) is 2.60. The molecule has 1 unspecified atom stereocenters. The summed E-state index contributed by atoms with van der Waals surface area (Å²) >= 11 is 0. The number of carbonyl (C=O) groups is 1. The van der Waals surface area contributed by atoms with Gasteiger partial charge in [-0.15, -0.1) is 0 Å². The minimum absolute atomic E-state index is 0.115. The van der Waals surface area contributed by atoms with Crippen molar-refractivity contribution in [3.05, 3.63) is 113 Å². The summed E-state index contributed by atoms with van der Waals surface area (Å²) in [4.78, 5) is 19.0. The van der Waals surface area contributed by atoms with Crippen molar-refractivity contribution in [2.75, 3.05) is 0 Å². The second-order valence-corrected chi connectivity index (χ2v) is 14.2. The standard InChI is InChI=1S/C34H31F5N4O2S/c1-21(2)43(46(3,45)29-12-7-26(36)8-13-29)28-9-4-23-17-31-22(20-41-42(31)27-10-5-25(35)6-11-27)18-33(23,19-28)32(44)30-16-24(14-15-40-30)34(37,38)39/h5-8,10-17,20-21,28H,3-4,9,18-19H2,1-2H3/t28-,33-,46?/m0/s1. The quantitative estimate of drug-likeness (QED) is 0.119. The number of alkyl halides is 3. The number of nitrogens with zero attached hydrogens (tertiary/aromatic N) is 4. The van der Waals surface area contributed by atoms with E-state index in [4.69, 9.17) is 0 Å². The summed E-state index contributed by atoms with van der Waals surface area (Å²) in [6, 6.07) is 11.9. The number of fused-ring (bicyclic) bond motifs is 2. The third-order valence-corrected chi connectivity index (χ3v) is 11.3. The fourth-order valence-electron chi connectivity index (χ4n) is 6.84. The molecule has 46 heavy (non-hydrogen) atoms. The van der Waals surface area contributed by atoms with Crippen molar-refractivity contribution in [1.82, 2.24) is 19.1 Å². The molecule has 0 radical (unpaired) electrons. The zero-order valence-corrected chi connectivity index (χ0v) is 25.9. The highest BCUT2D eigenvalue weighted by Crippen LogP contribution is 2.52. The van der Waals surface area contributed by atoms with E-state index in [0.29, 0.717) is 40.3 Å². The molecule has 2 heterocycles. The van der Waals surface area contributed by atoms with E-state index in [1.807, 2.05) is 19.9 Å². The van der Waals surface area contributed by atoms with Crippen LogP contribution < -0.4 is 0 Å². The van der Waals surface area contributed by atoms with Crippen LogP contribution in [0, 0.1) is 17.0 Å². The van der Waals surface area contributed by atoms with Crippen molar-refractivity contribution < 1.29 is 31.0 Å². The highest BCUT2D eigenvalue weighted by atomic mass is 32.2. The number of ketones is 1. The number of rotatable bonds is 7. The van der Waals surface area contributed by atoms with Crippen molar-refractivity contribution in [3.8, 4) is 5.69 Å². The first-order chi connectivity index (χ1) is 21.7. The van der Waals surface area contributed by atoms with Crippen LogP contribution >= 0.6 is 0 Å². The summed E-state index contributed by atoms with van der Waals surface area (Å²) in [6.45, 7) is 3.71. The van der Waals surface area contributed by atoms with Gasteiger partial charge in [0.05, 0.1) is 38.3 Å². The van der Waals surface area contributed by atoms with Crippen LogP contribution in [0.1, 0.15) is 60.4 Å². The van der Waals surface area contributed by atoms with E-state index in [-0.39, 0.29) is 24.6 Å². The van der Waals surface area contributed by atoms with Crippen molar-refractivity contribution in [2.45, 2.75) is 62.7 Å². The number of Topliss-reactive ketones (excluding diaryl/α,β-unsaturated/α-hetero) is 1. The Labute approximate surface area is 263 Å². The number of carbonyl (C=O) groups excluding carboxylic acids is 1. The van der Waals surface area contributed by atoms with Crippen LogP contribution in [0.15, 0.2) is 83.5 Å². The van der Waals surface area contributed by atoms with Crippen molar-refractivity contribution in [2.24, 2.45) is 5.41 Å². The number of benzene rings is 2. The first kappa shape index (κ1) is 31.8. The summed E-state index contributed by atoms with van der Waals surface area (Å²) in [6.07, 6.45) is 0.837. The molecule has 12 heteroatoms. The van der Waals surface area contributed by atoms with Gasteiger partial charge in [-0.3, -0.25) is 9.78 Å². The molecule has 0 saturated heterocycles. The Hall–Kier alpha value is -4.16. The number of allylic oxidation sites excluding steroid dienone is 1. The Morgan fingerprint density at radius 1 is 1.07 bits per heavy atom. The third kappa shape index (κ3) is 5.57. The maximum atomic E-state index is 14.6. The fraction of sp³-hybridized carbons (Fsp3) is 0.294.